The quantitative estimate of drug-likeness (QED) is 0.547. The van der Waals surface area contributed by atoms with E-state index in [0.29, 0.717) is 29.3 Å². The second-order valence-corrected chi connectivity index (χ2v) is 8.82. The van der Waals surface area contributed by atoms with Gasteiger partial charge in [-0.05, 0) is 39.5 Å². The van der Waals surface area contributed by atoms with Crippen LogP contribution in [-0.4, -0.2) is 49.7 Å². The largest absolute Gasteiger partial charge is 0.376 e. The molecule has 1 aliphatic carbocycles. The molecule has 3 heterocycles. The maximum Gasteiger partial charge on any atom is 0.280 e. The van der Waals surface area contributed by atoms with E-state index in [4.69, 9.17) is 9.72 Å². The van der Waals surface area contributed by atoms with Crippen molar-refractivity contribution in [1.29, 1.82) is 0 Å². The normalized spacial score (nSPS) is 20.0. The number of fused-ring (bicyclic) bond motifs is 1. The third-order valence-electron chi connectivity index (χ3n) is 5.74. The van der Waals surface area contributed by atoms with Crippen molar-refractivity contribution in [2.24, 2.45) is 0 Å². The van der Waals surface area contributed by atoms with Crippen LogP contribution in [0.25, 0.3) is 11.0 Å². The molecule has 1 unspecified atom stereocenters. The summed E-state index contributed by atoms with van der Waals surface area (Å²) in [6, 6.07) is 0.289. The van der Waals surface area contributed by atoms with Gasteiger partial charge in [0.1, 0.15) is 5.52 Å². The summed E-state index contributed by atoms with van der Waals surface area (Å²) in [5, 5.41) is 8.14. The Morgan fingerprint density at radius 2 is 2.07 bits per heavy atom. The van der Waals surface area contributed by atoms with Crippen LogP contribution in [0.4, 0.5) is 0 Å². The Morgan fingerprint density at radius 1 is 1.28 bits per heavy atom. The molecule has 2 aromatic heterocycles. The first-order valence-electron chi connectivity index (χ1n) is 10.6. The van der Waals surface area contributed by atoms with Crippen molar-refractivity contribution in [2.75, 3.05) is 12.4 Å². The number of carbonyl (C=O) groups is 1. The van der Waals surface area contributed by atoms with Crippen LogP contribution in [0.15, 0.2) is 9.95 Å². The number of amides is 1. The maximum atomic E-state index is 13.3. The van der Waals surface area contributed by atoms with Gasteiger partial charge >= 0.3 is 0 Å². The first-order chi connectivity index (χ1) is 14.1. The topological polar surface area (TPSA) is 91.0 Å². The molecule has 0 aromatic carbocycles. The van der Waals surface area contributed by atoms with Gasteiger partial charge in [0.15, 0.2) is 10.7 Å². The summed E-state index contributed by atoms with van der Waals surface area (Å²) in [6.45, 7) is 5.63. The first kappa shape index (κ1) is 20.4. The Balaban J connectivity index is 1.62. The van der Waals surface area contributed by atoms with Gasteiger partial charge in [-0.1, -0.05) is 24.6 Å². The Labute approximate surface area is 174 Å². The van der Waals surface area contributed by atoms with Crippen molar-refractivity contribution < 1.29 is 9.53 Å². The van der Waals surface area contributed by atoms with Crippen molar-refractivity contribution >= 4 is 28.7 Å². The van der Waals surface area contributed by atoms with Crippen molar-refractivity contribution in [3.05, 3.63) is 16.0 Å². The second kappa shape index (κ2) is 8.87. The van der Waals surface area contributed by atoms with Crippen molar-refractivity contribution in [1.82, 2.24) is 24.6 Å². The van der Waals surface area contributed by atoms with E-state index in [1.165, 1.54) is 24.6 Å². The molecule has 158 valence electrons. The van der Waals surface area contributed by atoms with E-state index in [2.05, 4.69) is 10.4 Å². The molecule has 2 fully saturated rings. The van der Waals surface area contributed by atoms with Crippen LogP contribution in [-0.2, 0) is 22.6 Å². The molecule has 1 saturated heterocycles. The van der Waals surface area contributed by atoms with Gasteiger partial charge in [-0.25, -0.2) is 4.98 Å². The highest BCUT2D eigenvalue weighted by Gasteiger charge is 2.24. The lowest BCUT2D eigenvalue weighted by Crippen LogP contribution is -2.34. The van der Waals surface area contributed by atoms with Crippen LogP contribution in [0.3, 0.4) is 0 Å². The summed E-state index contributed by atoms with van der Waals surface area (Å²) in [7, 11) is 0. The minimum absolute atomic E-state index is 0.000822. The van der Waals surface area contributed by atoms with Crippen molar-refractivity contribution in [3.8, 4) is 0 Å². The third-order valence-corrected chi connectivity index (χ3v) is 6.72. The van der Waals surface area contributed by atoms with Gasteiger partial charge in [0.05, 0.1) is 24.1 Å². The molecule has 1 N–H and O–H groups in total. The van der Waals surface area contributed by atoms with E-state index >= 15 is 0 Å². The van der Waals surface area contributed by atoms with E-state index in [-0.39, 0.29) is 29.4 Å². The van der Waals surface area contributed by atoms with Crippen LogP contribution in [0, 0.1) is 6.92 Å². The molecule has 1 atom stereocenters. The number of nitrogens with zero attached hydrogens (tertiary/aromatic N) is 4. The van der Waals surface area contributed by atoms with Gasteiger partial charge in [0, 0.05) is 19.2 Å². The molecule has 29 heavy (non-hydrogen) atoms. The number of aromatic nitrogens is 4. The van der Waals surface area contributed by atoms with Crippen molar-refractivity contribution in [3.63, 3.8) is 0 Å². The van der Waals surface area contributed by atoms with E-state index in [0.717, 1.165) is 38.0 Å². The zero-order chi connectivity index (χ0) is 20.4. The number of hydrogen-bond acceptors (Lipinski definition) is 6. The lowest BCUT2D eigenvalue weighted by Gasteiger charge is -2.16. The van der Waals surface area contributed by atoms with Crippen molar-refractivity contribution in [2.45, 2.75) is 82.8 Å². The van der Waals surface area contributed by atoms with Crippen LogP contribution in [0.2, 0.25) is 0 Å². The Bertz CT molecular complexity index is 942. The Hall–Kier alpha value is -1.87. The molecule has 1 aliphatic heterocycles. The zero-order valence-electron chi connectivity index (χ0n) is 17.1. The molecular formula is C20H29N5O3S. The number of ether oxygens (including phenoxy) is 1. The summed E-state index contributed by atoms with van der Waals surface area (Å²) < 4.78 is 9.15. The number of rotatable bonds is 7. The lowest BCUT2D eigenvalue weighted by atomic mass is 10.2. The monoisotopic (exact) mass is 419 g/mol. The minimum Gasteiger partial charge on any atom is -0.376 e. The number of thioether (sulfide) groups is 1. The highest BCUT2D eigenvalue weighted by molar-refractivity contribution is 7.99. The molecule has 0 bridgehead atoms. The SMILES string of the molecule is CCn1nc(C)c2nc(SCC(=O)NC3CCCC3)n(CC3CCCO3)c(=O)c21. The van der Waals surface area contributed by atoms with Gasteiger partial charge in [-0.2, -0.15) is 5.10 Å². The lowest BCUT2D eigenvalue weighted by molar-refractivity contribution is -0.119. The average Bonchev–Trinajstić information content (AvgIpc) is 3.45. The van der Waals surface area contributed by atoms with Crippen LogP contribution in [0.5, 0.6) is 0 Å². The second-order valence-electron chi connectivity index (χ2n) is 7.88. The van der Waals surface area contributed by atoms with Gasteiger partial charge in [-0.15, -0.1) is 0 Å². The smallest absolute Gasteiger partial charge is 0.280 e. The number of carbonyl (C=O) groups excluding carboxylic acids is 1. The molecule has 0 spiro atoms. The standard InChI is InChI=1S/C20H29N5O3S/c1-3-25-18-17(13(2)23-25)22-20(24(19(18)27)11-15-9-6-10-28-15)29-12-16(26)21-14-7-4-5-8-14/h14-15H,3-12H2,1-2H3,(H,21,26). The van der Waals surface area contributed by atoms with E-state index in [1.54, 1.807) is 9.25 Å². The minimum atomic E-state index is -0.105. The highest BCUT2D eigenvalue weighted by atomic mass is 32.2. The highest BCUT2D eigenvalue weighted by Crippen LogP contribution is 2.23. The Morgan fingerprint density at radius 3 is 2.76 bits per heavy atom. The predicted octanol–water partition coefficient (Wildman–Crippen LogP) is 2.25. The van der Waals surface area contributed by atoms with E-state index in [9.17, 15) is 9.59 Å². The summed E-state index contributed by atoms with van der Waals surface area (Å²) >= 11 is 1.32. The molecular weight excluding hydrogens is 390 g/mol. The fourth-order valence-electron chi connectivity index (χ4n) is 4.25. The van der Waals surface area contributed by atoms with Gasteiger partial charge < -0.3 is 10.1 Å². The maximum absolute atomic E-state index is 13.3. The van der Waals surface area contributed by atoms with Crippen LogP contribution >= 0.6 is 11.8 Å². The van der Waals surface area contributed by atoms with Crippen LogP contribution in [0.1, 0.15) is 51.1 Å². The van der Waals surface area contributed by atoms with Crippen LogP contribution < -0.4 is 10.9 Å². The summed E-state index contributed by atoms with van der Waals surface area (Å²) in [5.74, 6) is 0.252. The fraction of sp³-hybridized carbons (Fsp3) is 0.700. The fourth-order valence-corrected chi connectivity index (χ4v) is 5.06. The molecule has 9 heteroatoms. The van der Waals surface area contributed by atoms with Gasteiger partial charge in [-0.3, -0.25) is 18.8 Å². The van der Waals surface area contributed by atoms with Gasteiger partial charge in [0.2, 0.25) is 5.91 Å². The Kier molecular flexibility index (Phi) is 6.24. The summed E-state index contributed by atoms with van der Waals surface area (Å²) in [4.78, 5) is 30.5. The zero-order valence-corrected chi connectivity index (χ0v) is 18.0. The summed E-state index contributed by atoms with van der Waals surface area (Å²) in [6.07, 6.45) is 6.42. The number of nitrogens with one attached hydrogen (secondary N) is 1. The summed E-state index contributed by atoms with van der Waals surface area (Å²) in [5.41, 5.74) is 1.79. The number of hydrogen-bond donors (Lipinski definition) is 1. The van der Waals surface area contributed by atoms with Gasteiger partial charge in [0.25, 0.3) is 5.56 Å². The predicted molar refractivity (Wildman–Crippen MR) is 112 cm³/mol. The molecule has 1 saturated carbocycles. The molecule has 1 amide bonds. The molecule has 2 aromatic rings. The molecule has 8 nitrogen and oxygen atoms in total. The first-order valence-corrected chi connectivity index (χ1v) is 11.6. The van der Waals surface area contributed by atoms with E-state index in [1.807, 2.05) is 13.8 Å². The average molecular weight is 420 g/mol. The third kappa shape index (κ3) is 4.35. The number of aryl methyl sites for hydroxylation is 2. The molecule has 4 rings (SSSR count). The van der Waals surface area contributed by atoms with E-state index < -0.39 is 0 Å². The molecule has 0 radical (unpaired) electrons. The molecule has 2 aliphatic rings.